The second kappa shape index (κ2) is 7.74. The van der Waals surface area contributed by atoms with Crippen molar-refractivity contribution < 1.29 is 14.3 Å². The van der Waals surface area contributed by atoms with E-state index in [0.717, 1.165) is 40.4 Å². The molecule has 0 unspecified atom stereocenters. The van der Waals surface area contributed by atoms with Gasteiger partial charge in [-0.1, -0.05) is 18.2 Å². The molecule has 1 N–H and O–H groups in total. The fourth-order valence-corrected chi connectivity index (χ4v) is 3.92. The number of aryl methyl sites for hydroxylation is 1. The van der Waals surface area contributed by atoms with E-state index in [0.29, 0.717) is 26.2 Å². The fraction of sp³-hybridized carbons (Fsp3) is 0.300. The molecule has 1 aliphatic rings. The van der Waals surface area contributed by atoms with Gasteiger partial charge >= 0.3 is 0 Å². The molecule has 134 valence electrons. The van der Waals surface area contributed by atoms with E-state index in [4.69, 9.17) is 9.47 Å². The number of hydrogen-bond donors (Lipinski definition) is 1. The SMILES string of the molecule is O=C(CCCc1nc2ccccc2s1)NCc1ccc2c(c1)OCCO2. The Morgan fingerprint density at radius 3 is 2.85 bits per heavy atom. The van der Waals surface area contributed by atoms with E-state index in [1.165, 1.54) is 4.70 Å². The first-order valence-corrected chi connectivity index (χ1v) is 9.59. The van der Waals surface area contributed by atoms with Crippen LogP contribution in [0.1, 0.15) is 23.4 Å². The number of rotatable bonds is 6. The highest BCUT2D eigenvalue weighted by Gasteiger charge is 2.12. The molecule has 3 aromatic rings. The summed E-state index contributed by atoms with van der Waals surface area (Å²) in [5, 5.41) is 4.06. The van der Waals surface area contributed by atoms with Gasteiger partial charge < -0.3 is 14.8 Å². The summed E-state index contributed by atoms with van der Waals surface area (Å²) in [5.41, 5.74) is 2.05. The predicted octanol–water partition coefficient (Wildman–Crippen LogP) is 3.71. The number of nitrogens with one attached hydrogen (secondary N) is 1. The molecule has 26 heavy (non-hydrogen) atoms. The molecular weight excluding hydrogens is 348 g/mol. The summed E-state index contributed by atoms with van der Waals surface area (Å²) in [6, 6.07) is 13.9. The van der Waals surface area contributed by atoms with Crippen molar-refractivity contribution in [3.63, 3.8) is 0 Å². The average Bonchev–Trinajstić information content (AvgIpc) is 3.09. The summed E-state index contributed by atoms with van der Waals surface area (Å²) in [4.78, 5) is 16.7. The third-order valence-corrected chi connectivity index (χ3v) is 5.33. The second-order valence-corrected chi connectivity index (χ2v) is 7.30. The third-order valence-electron chi connectivity index (χ3n) is 4.23. The number of amides is 1. The molecular formula is C20H20N2O3S. The molecule has 1 aromatic heterocycles. The molecule has 0 saturated heterocycles. The Hall–Kier alpha value is -2.60. The van der Waals surface area contributed by atoms with Gasteiger partial charge in [0.05, 0.1) is 15.2 Å². The maximum Gasteiger partial charge on any atom is 0.220 e. The maximum atomic E-state index is 12.1. The molecule has 5 nitrogen and oxygen atoms in total. The summed E-state index contributed by atoms with van der Waals surface area (Å²) in [5.74, 6) is 1.57. The first kappa shape index (κ1) is 16.8. The lowest BCUT2D eigenvalue weighted by atomic mass is 10.2. The van der Waals surface area contributed by atoms with Crippen molar-refractivity contribution >= 4 is 27.5 Å². The molecule has 0 saturated carbocycles. The van der Waals surface area contributed by atoms with Crippen LogP contribution in [0.5, 0.6) is 11.5 Å². The summed E-state index contributed by atoms with van der Waals surface area (Å²) >= 11 is 1.70. The van der Waals surface area contributed by atoms with E-state index in [2.05, 4.69) is 16.4 Å². The number of para-hydroxylation sites is 1. The van der Waals surface area contributed by atoms with Gasteiger partial charge in [0.1, 0.15) is 13.2 Å². The third kappa shape index (κ3) is 3.96. The molecule has 0 radical (unpaired) electrons. The van der Waals surface area contributed by atoms with Crippen LogP contribution in [-0.2, 0) is 17.8 Å². The van der Waals surface area contributed by atoms with Crippen molar-refractivity contribution in [2.75, 3.05) is 13.2 Å². The van der Waals surface area contributed by atoms with E-state index >= 15 is 0 Å². The van der Waals surface area contributed by atoms with Gasteiger partial charge in [0, 0.05) is 13.0 Å². The van der Waals surface area contributed by atoms with Crippen molar-refractivity contribution in [2.24, 2.45) is 0 Å². The lowest BCUT2D eigenvalue weighted by Gasteiger charge is -2.19. The summed E-state index contributed by atoms with van der Waals surface area (Å²) in [6.07, 6.45) is 2.13. The predicted molar refractivity (Wildman–Crippen MR) is 102 cm³/mol. The topological polar surface area (TPSA) is 60.5 Å². The average molecular weight is 368 g/mol. The highest BCUT2D eigenvalue weighted by Crippen LogP contribution is 2.30. The first-order valence-electron chi connectivity index (χ1n) is 8.77. The van der Waals surface area contributed by atoms with E-state index < -0.39 is 0 Å². The van der Waals surface area contributed by atoms with Crippen molar-refractivity contribution in [3.8, 4) is 11.5 Å². The smallest absolute Gasteiger partial charge is 0.220 e. The summed E-state index contributed by atoms with van der Waals surface area (Å²) in [6.45, 7) is 1.64. The Morgan fingerprint density at radius 1 is 1.12 bits per heavy atom. The second-order valence-electron chi connectivity index (χ2n) is 6.18. The molecule has 1 aliphatic heterocycles. The fourth-order valence-electron chi connectivity index (χ4n) is 2.91. The number of carbonyl (C=O) groups excluding carboxylic acids is 1. The molecule has 0 fully saturated rings. The Bertz CT molecular complexity index is 889. The maximum absolute atomic E-state index is 12.1. The van der Waals surface area contributed by atoms with Gasteiger partial charge in [-0.15, -0.1) is 11.3 Å². The molecule has 4 rings (SSSR count). The Labute approximate surface area is 156 Å². The van der Waals surface area contributed by atoms with Crippen molar-refractivity contribution in [1.29, 1.82) is 0 Å². The van der Waals surface area contributed by atoms with Crippen molar-refractivity contribution in [1.82, 2.24) is 10.3 Å². The zero-order valence-electron chi connectivity index (χ0n) is 14.4. The van der Waals surface area contributed by atoms with Crippen LogP contribution in [0, 0.1) is 0 Å². The van der Waals surface area contributed by atoms with Crippen LogP contribution in [0.25, 0.3) is 10.2 Å². The number of fused-ring (bicyclic) bond motifs is 2. The minimum Gasteiger partial charge on any atom is -0.486 e. The van der Waals surface area contributed by atoms with Gasteiger partial charge in [0.15, 0.2) is 11.5 Å². The highest BCUT2D eigenvalue weighted by molar-refractivity contribution is 7.18. The van der Waals surface area contributed by atoms with Crippen molar-refractivity contribution in [2.45, 2.75) is 25.8 Å². The van der Waals surface area contributed by atoms with Crippen LogP contribution < -0.4 is 14.8 Å². The van der Waals surface area contributed by atoms with Gasteiger partial charge in [-0.2, -0.15) is 0 Å². The molecule has 0 aliphatic carbocycles. The first-order chi connectivity index (χ1) is 12.8. The lowest BCUT2D eigenvalue weighted by Crippen LogP contribution is -2.22. The number of hydrogen-bond acceptors (Lipinski definition) is 5. The number of thiazole rings is 1. The summed E-state index contributed by atoms with van der Waals surface area (Å²) < 4.78 is 12.3. The number of carbonyl (C=O) groups is 1. The van der Waals surface area contributed by atoms with Crippen LogP contribution in [-0.4, -0.2) is 24.1 Å². The van der Waals surface area contributed by atoms with E-state index in [-0.39, 0.29) is 5.91 Å². The van der Waals surface area contributed by atoms with Crippen LogP contribution in [0.3, 0.4) is 0 Å². The van der Waals surface area contributed by atoms with Crippen LogP contribution in [0.15, 0.2) is 42.5 Å². The molecule has 0 bridgehead atoms. The van der Waals surface area contributed by atoms with Gasteiger partial charge in [-0.05, 0) is 42.7 Å². The normalized spacial score (nSPS) is 12.9. The van der Waals surface area contributed by atoms with E-state index in [1.807, 2.05) is 36.4 Å². The standard InChI is InChI=1S/C20H20N2O3S/c23-19(6-3-7-20-22-15-4-1-2-5-18(15)26-20)21-13-14-8-9-16-17(12-14)25-11-10-24-16/h1-2,4-5,8-9,12H,3,6-7,10-11,13H2,(H,21,23). The molecule has 0 spiro atoms. The van der Waals surface area contributed by atoms with Gasteiger partial charge in [0.2, 0.25) is 5.91 Å². The minimum atomic E-state index is 0.0565. The van der Waals surface area contributed by atoms with Crippen LogP contribution in [0.2, 0.25) is 0 Å². The molecule has 6 heteroatoms. The highest BCUT2D eigenvalue weighted by atomic mass is 32.1. The Kier molecular flexibility index (Phi) is 5.02. The minimum absolute atomic E-state index is 0.0565. The Balaban J connectivity index is 1.24. The lowest BCUT2D eigenvalue weighted by molar-refractivity contribution is -0.121. The summed E-state index contributed by atoms with van der Waals surface area (Å²) in [7, 11) is 0. The number of benzene rings is 2. The zero-order chi connectivity index (χ0) is 17.8. The number of ether oxygens (including phenoxy) is 2. The molecule has 2 heterocycles. The van der Waals surface area contributed by atoms with E-state index in [1.54, 1.807) is 11.3 Å². The largest absolute Gasteiger partial charge is 0.486 e. The molecule has 0 atom stereocenters. The van der Waals surface area contributed by atoms with Crippen LogP contribution in [0.4, 0.5) is 0 Å². The van der Waals surface area contributed by atoms with Gasteiger partial charge in [-0.3, -0.25) is 4.79 Å². The Morgan fingerprint density at radius 2 is 1.96 bits per heavy atom. The van der Waals surface area contributed by atoms with Gasteiger partial charge in [0.25, 0.3) is 0 Å². The van der Waals surface area contributed by atoms with Crippen LogP contribution >= 0.6 is 11.3 Å². The zero-order valence-corrected chi connectivity index (χ0v) is 15.2. The molecule has 2 aromatic carbocycles. The van der Waals surface area contributed by atoms with Gasteiger partial charge in [-0.25, -0.2) is 4.98 Å². The number of nitrogens with zero attached hydrogens (tertiary/aromatic N) is 1. The van der Waals surface area contributed by atoms with Crippen molar-refractivity contribution in [3.05, 3.63) is 53.0 Å². The number of aromatic nitrogens is 1. The molecule has 1 amide bonds. The quantitative estimate of drug-likeness (QED) is 0.721. The monoisotopic (exact) mass is 368 g/mol. The van der Waals surface area contributed by atoms with E-state index in [9.17, 15) is 4.79 Å².